The van der Waals surface area contributed by atoms with Gasteiger partial charge in [-0.2, -0.15) is 0 Å². The highest BCUT2D eigenvalue weighted by Gasteiger charge is 2.15. The second-order valence-electron chi connectivity index (χ2n) is 4.75. The van der Waals surface area contributed by atoms with Gasteiger partial charge in [0.1, 0.15) is 0 Å². The summed E-state index contributed by atoms with van der Waals surface area (Å²) in [5.74, 6) is 0.338. The molecule has 106 valence electrons. The summed E-state index contributed by atoms with van der Waals surface area (Å²) in [5, 5.41) is 7.35. The van der Waals surface area contributed by atoms with E-state index in [9.17, 15) is 4.79 Å². The summed E-state index contributed by atoms with van der Waals surface area (Å²) in [6.45, 7) is 4.05. The first-order chi connectivity index (χ1) is 9.60. The fraction of sp³-hybridized carbons (Fsp3) is 0.333. The molecule has 1 unspecified atom stereocenters. The lowest BCUT2D eigenvalue weighted by atomic mass is 10.1. The van der Waals surface area contributed by atoms with E-state index in [1.165, 1.54) is 0 Å². The molecule has 0 saturated heterocycles. The fourth-order valence-electron chi connectivity index (χ4n) is 1.94. The largest absolute Gasteiger partial charge is 0.355 e. The molecule has 1 heterocycles. The van der Waals surface area contributed by atoms with Crippen LogP contribution in [0.15, 0.2) is 34.9 Å². The highest BCUT2D eigenvalue weighted by molar-refractivity contribution is 6.30. The molecule has 1 amide bonds. The number of rotatable bonds is 5. The van der Waals surface area contributed by atoms with Crippen LogP contribution in [0, 0.1) is 0 Å². The fourth-order valence-corrected chi connectivity index (χ4v) is 2.06. The van der Waals surface area contributed by atoms with E-state index in [0.717, 1.165) is 18.4 Å². The Hall–Kier alpha value is -1.81. The Morgan fingerprint density at radius 1 is 1.40 bits per heavy atom. The van der Waals surface area contributed by atoms with Crippen molar-refractivity contribution in [3.05, 3.63) is 41.0 Å². The van der Waals surface area contributed by atoms with E-state index < -0.39 is 0 Å². The van der Waals surface area contributed by atoms with Crippen LogP contribution >= 0.6 is 11.6 Å². The molecule has 0 aliphatic carbocycles. The van der Waals surface area contributed by atoms with E-state index in [0.29, 0.717) is 10.8 Å². The van der Waals surface area contributed by atoms with Gasteiger partial charge < -0.3 is 9.84 Å². The van der Waals surface area contributed by atoms with E-state index >= 15 is 0 Å². The standard InChI is InChI=1S/C15H17ClN2O2/c1-3-4-10(2)17-15(19)13-9-14(20-18-13)11-5-7-12(16)8-6-11/h5-10H,3-4H2,1-2H3,(H,17,19). The van der Waals surface area contributed by atoms with Crippen LogP contribution in [-0.4, -0.2) is 17.1 Å². The van der Waals surface area contributed by atoms with Crippen molar-refractivity contribution >= 4 is 17.5 Å². The van der Waals surface area contributed by atoms with E-state index in [1.807, 2.05) is 19.1 Å². The highest BCUT2D eigenvalue weighted by atomic mass is 35.5. The normalized spacial score (nSPS) is 12.2. The van der Waals surface area contributed by atoms with E-state index in [1.54, 1.807) is 18.2 Å². The van der Waals surface area contributed by atoms with Crippen molar-refractivity contribution in [2.45, 2.75) is 32.7 Å². The number of halogens is 1. The third-order valence-corrected chi connectivity index (χ3v) is 3.22. The van der Waals surface area contributed by atoms with Crippen molar-refractivity contribution in [2.24, 2.45) is 0 Å². The van der Waals surface area contributed by atoms with Gasteiger partial charge >= 0.3 is 0 Å². The molecule has 1 aromatic heterocycles. The van der Waals surface area contributed by atoms with Gasteiger partial charge in [0.15, 0.2) is 11.5 Å². The topological polar surface area (TPSA) is 55.1 Å². The Labute approximate surface area is 123 Å². The molecule has 0 radical (unpaired) electrons. The van der Waals surface area contributed by atoms with Crippen LogP contribution < -0.4 is 5.32 Å². The molecule has 4 nitrogen and oxygen atoms in total. The molecule has 1 N–H and O–H groups in total. The summed E-state index contributed by atoms with van der Waals surface area (Å²) < 4.78 is 5.20. The molecule has 2 aromatic rings. The molecule has 20 heavy (non-hydrogen) atoms. The first kappa shape index (κ1) is 14.6. The molecule has 1 aromatic carbocycles. The van der Waals surface area contributed by atoms with Crippen LogP contribution in [0.5, 0.6) is 0 Å². The summed E-state index contributed by atoms with van der Waals surface area (Å²) in [6, 6.07) is 8.94. The van der Waals surface area contributed by atoms with Crippen molar-refractivity contribution in [1.29, 1.82) is 0 Å². The second kappa shape index (κ2) is 6.57. The zero-order valence-electron chi connectivity index (χ0n) is 11.5. The molecule has 0 aliphatic rings. The molecular weight excluding hydrogens is 276 g/mol. The number of nitrogens with one attached hydrogen (secondary N) is 1. The summed E-state index contributed by atoms with van der Waals surface area (Å²) in [4.78, 5) is 12.0. The predicted octanol–water partition coefficient (Wildman–Crippen LogP) is 3.91. The van der Waals surface area contributed by atoms with E-state index in [-0.39, 0.29) is 17.6 Å². The Kier molecular flexibility index (Phi) is 4.79. The maximum Gasteiger partial charge on any atom is 0.273 e. The van der Waals surface area contributed by atoms with Gasteiger partial charge in [-0.05, 0) is 37.6 Å². The van der Waals surface area contributed by atoms with Crippen LogP contribution in [0.1, 0.15) is 37.2 Å². The van der Waals surface area contributed by atoms with Gasteiger partial charge in [-0.3, -0.25) is 4.79 Å². The monoisotopic (exact) mass is 292 g/mol. The van der Waals surface area contributed by atoms with Crippen LogP contribution in [-0.2, 0) is 0 Å². The van der Waals surface area contributed by atoms with Crippen molar-refractivity contribution < 1.29 is 9.32 Å². The number of aromatic nitrogens is 1. The van der Waals surface area contributed by atoms with Gasteiger partial charge in [0, 0.05) is 22.7 Å². The van der Waals surface area contributed by atoms with Gasteiger partial charge in [-0.1, -0.05) is 30.1 Å². The lowest BCUT2D eigenvalue weighted by Crippen LogP contribution is -2.32. The van der Waals surface area contributed by atoms with Crippen molar-refractivity contribution in [3.63, 3.8) is 0 Å². The summed E-state index contributed by atoms with van der Waals surface area (Å²) in [7, 11) is 0. The van der Waals surface area contributed by atoms with Crippen LogP contribution in [0.2, 0.25) is 5.02 Å². The average molecular weight is 293 g/mol. The quantitative estimate of drug-likeness (QED) is 0.909. The Balaban J connectivity index is 2.08. The lowest BCUT2D eigenvalue weighted by Gasteiger charge is -2.10. The van der Waals surface area contributed by atoms with Crippen LogP contribution in [0.3, 0.4) is 0 Å². The number of carbonyl (C=O) groups excluding carboxylic acids is 1. The van der Waals surface area contributed by atoms with Crippen LogP contribution in [0.25, 0.3) is 11.3 Å². The van der Waals surface area contributed by atoms with Gasteiger partial charge in [0.2, 0.25) is 0 Å². The van der Waals surface area contributed by atoms with E-state index in [2.05, 4.69) is 17.4 Å². The van der Waals surface area contributed by atoms with Crippen LogP contribution in [0.4, 0.5) is 0 Å². The highest BCUT2D eigenvalue weighted by Crippen LogP contribution is 2.22. The number of nitrogens with zero attached hydrogens (tertiary/aromatic N) is 1. The minimum Gasteiger partial charge on any atom is -0.355 e. The van der Waals surface area contributed by atoms with Gasteiger partial charge in [0.25, 0.3) is 5.91 Å². The van der Waals surface area contributed by atoms with Crippen molar-refractivity contribution in [3.8, 4) is 11.3 Å². The average Bonchev–Trinajstić information content (AvgIpc) is 2.89. The third kappa shape index (κ3) is 3.61. The minimum atomic E-state index is -0.213. The van der Waals surface area contributed by atoms with Gasteiger partial charge in [-0.25, -0.2) is 0 Å². The summed E-state index contributed by atoms with van der Waals surface area (Å²) >= 11 is 5.83. The first-order valence-corrected chi connectivity index (χ1v) is 7.01. The molecule has 0 bridgehead atoms. The number of benzene rings is 1. The third-order valence-electron chi connectivity index (χ3n) is 2.97. The zero-order valence-corrected chi connectivity index (χ0v) is 12.3. The van der Waals surface area contributed by atoms with E-state index in [4.69, 9.17) is 16.1 Å². The SMILES string of the molecule is CCCC(C)NC(=O)c1cc(-c2ccc(Cl)cc2)on1. The molecule has 5 heteroatoms. The molecule has 2 rings (SSSR count). The molecular formula is C15H17ClN2O2. The number of hydrogen-bond donors (Lipinski definition) is 1. The number of hydrogen-bond acceptors (Lipinski definition) is 3. The maximum absolute atomic E-state index is 12.0. The van der Waals surface area contributed by atoms with Gasteiger partial charge in [-0.15, -0.1) is 0 Å². The first-order valence-electron chi connectivity index (χ1n) is 6.63. The Bertz CT molecular complexity index is 578. The minimum absolute atomic E-state index is 0.128. The molecule has 1 atom stereocenters. The molecule has 0 aliphatic heterocycles. The number of carbonyl (C=O) groups is 1. The smallest absolute Gasteiger partial charge is 0.273 e. The second-order valence-corrected chi connectivity index (χ2v) is 5.18. The van der Waals surface area contributed by atoms with Crippen molar-refractivity contribution in [1.82, 2.24) is 10.5 Å². The number of amides is 1. The summed E-state index contributed by atoms with van der Waals surface area (Å²) in [5.41, 5.74) is 1.13. The molecule has 0 saturated carbocycles. The summed E-state index contributed by atoms with van der Waals surface area (Å²) in [6.07, 6.45) is 1.96. The Morgan fingerprint density at radius 2 is 2.10 bits per heavy atom. The predicted molar refractivity (Wildman–Crippen MR) is 78.8 cm³/mol. The van der Waals surface area contributed by atoms with Gasteiger partial charge in [0.05, 0.1) is 0 Å². The maximum atomic E-state index is 12.0. The zero-order chi connectivity index (χ0) is 14.5. The molecule has 0 fully saturated rings. The molecule has 0 spiro atoms. The van der Waals surface area contributed by atoms with Crippen molar-refractivity contribution in [2.75, 3.05) is 0 Å². The Morgan fingerprint density at radius 3 is 2.75 bits per heavy atom. The lowest BCUT2D eigenvalue weighted by molar-refractivity contribution is 0.0929.